The van der Waals surface area contributed by atoms with Gasteiger partial charge in [-0.05, 0) is 25.1 Å². The lowest BCUT2D eigenvalue weighted by Crippen LogP contribution is -2.45. The molecule has 1 aliphatic heterocycles. The van der Waals surface area contributed by atoms with Crippen molar-refractivity contribution in [2.24, 2.45) is 0 Å². The van der Waals surface area contributed by atoms with Gasteiger partial charge in [-0.15, -0.1) is 0 Å². The van der Waals surface area contributed by atoms with Gasteiger partial charge < -0.3 is 19.3 Å². The van der Waals surface area contributed by atoms with Gasteiger partial charge >= 0.3 is 0 Å². The van der Waals surface area contributed by atoms with Crippen LogP contribution in [0.5, 0.6) is 0 Å². The molecule has 0 saturated carbocycles. The number of hydrogen-bond acceptors (Lipinski definition) is 6. The van der Waals surface area contributed by atoms with E-state index < -0.39 is 11.6 Å². The van der Waals surface area contributed by atoms with E-state index in [1.807, 2.05) is 4.57 Å². The zero-order valence-corrected chi connectivity index (χ0v) is 17.4. The van der Waals surface area contributed by atoms with E-state index in [-0.39, 0.29) is 25.1 Å². The highest BCUT2D eigenvalue weighted by molar-refractivity contribution is 5.78. The van der Waals surface area contributed by atoms with Gasteiger partial charge in [-0.25, -0.2) is 23.7 Å². The number of amides is 1. The lowest BCUT2D eigenvalue weighted by molar-refractivity contribution is -0.147. The monoisotopic (exact) mass is 445 g/mol. The SMILES string of the molecule is Cc1ncc(-c2c(-c3ccc(F)c(F)c3)ncn2CC2CN(C)C(=O)CO2)cn1.O=CO. The summed E-state index contributed by atoms with van der Waals surface area (Å²) >= 11 is 0. The summed E-state index contributed by atoms with van der Waals surface area (Å²) in [6, 6.07) is 3.67. The number of halogens is 2. The van der Waals surface area contributed by atoms with Crippen molar-refractivity contribution in [2.45, 2.75) is 19.6 Å². The first-order valence-corrected chi connectivity index (χ1v) is 9.57. The Balaban J connectivity index is 0.000000913. The average molecular weight is 445 g/mol. The maximum Gasteiger partial charge on any atom is 0.290 e. The summed E-state index contributed by atoms with van der Waals surface area (Å²) < 4.78 is 34.7. The van der Waals surface area contributed by atoms with E-state index in [4.69, 9.17) is 14.6 Å². The molecule has 1 aliphatic rings. The number of rotatable bonds is 4. The average Bonchev–Trinajstić information content (AvgIpc) is 3.17. The number of aryl methyl sites for hydroxylation is 1. The third kappa shape index (κ3) is 5.11. The highest BCUT2D eigenvalue weighted by Gasteiger charge is 2.26. The summed E-state index contributed by atoms with van der Waals surface area (Å²) in [5.74, 6) is -1.32. The van der Waals surface area contributed by atoms with Gasteiger partial charge in [0.05, 0.1) is 30.4 Å². The molecule has 0 radical (unpaired) electrons. The second-order valence-electron chi connectivity index (χ2n) is 7.05. The van der Waals surface area contributed by atoms with E-state index in [9.17, 15) is 13.6 Å². The van der Waals surface area contributed by atoms with Crippen molar-refractivity contribution >= 4 is 12.4 Å². The van der Waals surface area contributed by atoms with Gasteiger partial charge in [0.25, 0.3) is 6.47 Å². The predicted octanol–water partition coefficient (Wildman–Crippen LogP) is 2.15. The van der Waals surface area contributed by atoms with E-state index in [1.165, 1.54) is 6.07 Å². The molecule has 3 heterocycles. The van der Waals surface area contributed by atoms with Crippen LogP contribution in [0.1, 0.15) is 5.82 Å². The zero-order chi connectivity index (χ0) is 23.3. The van der Waals surface area contributed by atoms with Crippen LogP contribution in [-0.2, 0) is 20.9 Å². The topological polar surface area (TPSA) is 110 Å². The third-order valence-corrected chi connectivity index (χ3v) is 4.83. The minimum Gasteiger partial charge on any atom is -0.483 e. The lowest BCUT2D eigenvalue weighted by Gasteiger charge is -2.30. The van der Waals surface area contributed by atoms with Crippen molar-refractivity contribution in [1.82, 2.24) is 24.4 Å². The first kappa shape index (κ1) is 22.9. The number of carboxylic acid groups (broad SMARTS) is 1. The minimum atomic E-state index is -0.945. The Morgan fingerprint density at radius 1 is 1.19 bits per heavy atom. The van der Waals surface area contributed by atoms with Crippen LogP contribution >= 0.6 is 0 Å². The molecule has 32 heavy (non-hydrogen) atoms. The van der Waals surface area contributed by atoms with Gasteiger partial charge in [-0.1, -0.05) is 0 Å². The molecular formula is C21H21F2N5O4. The first-order chi connectivity index (χ1) is 15.3. The van der Waals surface area contributed by atoms with E-state index in [2.05, 4.69) is 15.0 Å². The van der Waals surface area contributed by atoms with E-state index >= 15 is 0 Å². The Labute approximate surface area is 182 Å². The normalized spacial score (nSPS) is 15.8. The molecule has 1 N–H and O–H groups in total. The van der Waals surface area contributed by atoms with Gasteiger partial charge in [0.2, 0.25) is 5.91 Å². The Hall–Kier alpha value is -3.73. The Bertz CT molecular complexity index is 1100. The Morgan fingerprint density at radius 2 is 1.88 bits per heavy atom. The standard InChI is InChI=1S/C20H19F2N5O2.CH2O2/c1-12-23-6-14(7-24-12)20-19(13-3-4-16(21)17(22)5-13)25-11-27(20)9-15-8-26(2)18(28)10-29-15;2-1-3/h3-7,11,15H,8-10H2,1-2H3;1H,(H,2,3). The number of hydrogen-bond donors (Lipinski definition) is 1. The van der Waals surface area contributed by atoms with Crippen LogP contribution < -0.4 is 0 Å². The molecule has 1 fully saturated rings. The highest BCUT2D eigenvalue weighted by Crippen LogP contribution is 2.32. The number of likely N-dealkylation sites (N-methyl/N-ethyl adjacent to an activating group) is 1. The number of imidazole rings is 1. The molecule has 1 saturated heterocycles. The zero-order valence-electron chi connectivity index (χ0n) is 17.4. The number of morpholine rings is 1. The summed E-state index contributed by atoms with van der Waals surface area (Å²) in [4.78, 5) is 34.6. The fraction of sp³-hybridized carbons (Fsp3) is 0.286. The van der Waals surface area contributed by atoms with Crippen molar-refractivity contribution in [3.05, 3.63) is 54.4 Å². The van der Waals surface area contributed by atoms with Crippen LogP contribution in [0.15, 0.2) is 36.9 Å². The Kier molecular flexibility index (Phi) is 7.21. The van der Waals surface area contributed by atoms with Crippen LogP contribution in [0.2, 0.25) is 0 Å². The summed E-state index contributed by atoms with van der Waals surface area (Å²) in [5, 5.41) is 6.89. The molecule has 1 aromatic carbocycles. The number of nitrogens with zero attached hydrogens (tertiary/aromatic N) is 5. The molecular weight excluding hydrogens is 424 g/mol. The fourth-order valence-corrected chi connectivity index (χ4v) is 3.28. The van der Waals surface area contributed by atoms with E-state index in [1.54, 1.807) is 37.6 Å². The maximum absolute atomic E-state index is 13.8. The van der Waals surface area contributed by atoms with Crippen LogP contribution in [-0.4, -0.2) is 68.2 Å². The van der Waals surface area contributed by atoms with Gasteiger partial charge in [-0.3, -0.25) is 9.59 Å². The summed E-state index contributed by atoms with van der Waals surface area (Å²) in [6.07, 6.45) is 4.72. The van der Waals surface area contributed by atoms with Crippen LogP contribution in [0.25, 0.3) is 22.5 Å². The summed E-state index contributed by atoms with van der Waals surface area (Å²) in [6.45, 7) is 2.42. The third-order valence-electron chi connectivity index (χ3n) is 4.83. The van der Waals surface area contributed by atoms with Crippen LogP contribution in [0, 0.1) is 18.6 Å². The molecule has 2 aromatic heterocycles. The minimum absolute atomic E-state index is 0.0227. The highest BCUT2D eigenvalue weighted by atomic mass is 19.2. The Morgan fingerprint density at radius 3 is 2.50 bits per heavy atom. The number of carbonyl (C=O) groups excluding carboxylic acids is 1. The first-order valence-electron chi connectivity index (χ1n) is 9.57. The molecule has 4 rings (SSSR count). The molecule has 0 bridgehead atoms. The lowest BCUT2D eigenvalue weighted by atomic mass is 10.1. The van der Waals surface area contributed by atoms with Crippen LogP contribution in [0.4, 0.5) is 8.78 Å². The second-order valence-corrected chi connectivity index (χ2v) is 7.05. The molecule has 168 valence electrons. The van der Waals surface area contributed by atoms with Crippen molar-refractivity contribution < 1.29 is 28.2 Å². The van der Waals surface area contributed by atoms with Crippen molar-refractivity contribution in [2.75, 3.05) is 20.2 Å². The van der Waals surface area contributed by atoms with Gasteiger partial charge in [0.15, 0.2) is 11.6 Å². The van der Waals surface area contributed by atoms with E-state index in [0.717, 1.165) is 12.1 Å². The molecule has 1 atom stereocenters. The summed E-state index contributed by atoms with van der Waals surface area (Å²) in [5.41, 5.74) is 2.28. The molecule has 0 spiro atoms. The predicted molar refractivity (Wildman–Crippen MR) is 109 cm³/mol. The smallest absolute Gasteiger partial charge is 0.290 e. The van der Waals surface area contributed by atoms with Gasteiger partial charge in [0, 0.05) is 37.1 Å². The van der Waals surface area contributed by atoms with Crippen molar-refractivity contribution in [1.29, 1.82) is 0 Å². The van der Waals surface area contributed by atoms with Gasteiger partial charge in [-0.2, -0.15) is 0 Å². The molecule has 1 unspecified atom stereocenters. The molecule has 1 amide bonds. The van der Waals surface area contributed by atoms with Crippen molar-refractivity contribution in [3.63, 3.8) is 0 Å². The number of aromatic nitrogens is 4. The maximum atomic E-state index is 13.8. The van der Waals surface area contributed by atoms with Gasteiger partial charge in [0.1, 0.15) is 12.4 Å². The second kappa shape index (κ2) is 10.1. The largest absolute Gasteiger partial charge is 0.483 e. The fourth-order valence-electron chi connectivity index (χ4n) is 3.28. The molecule has 9 nitrogen and oxygen atoms in total. The summed E-state index contributed by atoms with van der Waals surface area (Å²) in [7, 11) is 1.73. The van der Waals surface area contributed by atoms with Crippen LogP contribution in [0.3, 0.4) is 0 Å². The van der Waals surface area contributed by atoms with E-state index in [0.29, 0.717) is 41.4 Å². The molecule has 11 heteroatoms. The quantitative estimate of drug-likeness (QED) is 0.613. The van der Waals surface area contributed by atoms with Crippen molar-refractivity contribution in [3.8, 4) is 22.5 Å². The number of ether oxygens (including phenoxy) is 1. The number of benzene rings is 1. The molecule has 3 aromatic rings. The molecule has 0 aliphatic carbocycles. The number of carbonyl (C=O) groups is 2.